The maximum Gasteiger partial charge on any atom is 0.164 e. The van der Waals surface area contributed by atoms with Gasteiger partial charge in [-0.1, -0.05) is 176 Å². The van der Waals surface area contributed by atoms with Gasteiger partial charge in [-0.2, -0.15) is 0 Å². The smallest absolute Gasteiger partial charge is 0.164 e. The molecule has 0 fully saturated rings. The number of furan rings is 2. The van der Waals surface area contributed by atoms with Crippen LogP contribution < -0.4 is 0 Å². The van der Waals surface area contributed by atoms with E-state index < -0.39 is 10.8 Å². The van der Waals surface area contributed by atoms with Gasteiger partial charge in [-0.3, -0.25) is 0 Å². The number of para-hydroxylation sites is 1. The minimum Gasteiger partial charge on any atom is -0.456 e. The molecule has 0 radical (unpaired) electrons. The van der Waals surface area contributed by atoms with Crippen molar-refractivity contribution in [3.8, 4) is 56.4 Å². The molecule has 4 heterocycles. The Bertz CT molecular complexity index is 4350. The molecule has 0 N–H and O–H groups in total. The van der Waals surface area contributed by atoms with E-state index in [4.69, 9.17) is 23.8 Å². The molecule has 1 unspecified atom stereocenters. The van der Waals surface area contributed by atoms with Gasteiger partial charge in [0.15, 0.2) is 17.5 Å². The summed E-state index contributed by atoms with van der Waals surface area (Å²) in [6.45, 7) is 0. The van der Waals surface area contributed by atoms with Crippen molar-refractivity contribution < 1.29 is 8.83 Å². The van der Waals surface area contributed by atoms with E-state index in [1.807, 2.05) is 30.3 Å². The summed E-state index contributed by atoms with van der Waals surface area (Å²) in [6, 6.07) is 81.6. The highest BCUT2D eigenvalue weighted by molar-refractivity contribution is 6.12. The summed E-state index contributed by atoms with van der Waals surface area (Å²) in [4.78, 5) is 15.9. The lowest BCUT2D eigenvalue weighted by Gasteiger charge is -2.38. The quantitative estimate of drug-likeness (QED) is 0.177. The third-order valence-corrected chi connectivity index (χ3v) is 15.6. The lowest BCUT2D eigenvalue weighted by molar-refractivity contribution is 0.668. The predicted octanol–water partition coefficient (Wildman–Crippen LogP) is 15.7. The molecular formula is C65H37N3O2. The number of rotatable bonds is 3. The first-order chi connectivity index (χ1) is 34.7. The largest absolute Gasteiger partial charge is 0.456 e. The molecule has 324 valence electrons. The molecule has 10 aromatic carbocycles. The zero-order valence-corrected chi connectivity index (χ0v) is 37.5. The fourth-order valence-corrected chi connectivity index (χ4v) is 12.8. The van der Waals surface area contributed by atoms with Crippen molar-refractivity contribution in [1.29, 1.82) is 0 Å². The van der Waals surface area contributed by atoms with Crippen molar-refractivity contribution in [2.24, 2.45) is 0 Å². The van der Waals surface area contributed by atoms with Gasteiger partial charge < -0.3 is 8.83 Å². The van der Waals surface area contributed by atoms with E-state index in [9.17, 15) is 0 Å². The van der Waals surface area contributed by atoms with Crippen molar-refractivity contribution in [3.05, 3.63) is 269 Å². The van der Waals surface area contributed by atoms with E-state index >= 15 is 0 Å². The topological polar surface area (TPSA) is 65.0 Å². The SMILES string of the molecule is c1ccc(C2(c3ccc4c(c3)-c3ccccc3C43c4ccccc4-c4ccccc43)c3cccc(c3)-c3nc(-c4ccc5c(c4)oc4ccccc45)nc(n3)-c3cccc4oc5ccc2cc5c34)cc1. The second-order valence-electron chi connectivity index (χ2n) is 19.0. The van der Waals surface area contributed by atoms with Crippen LogP contribution >= 0.6 is 0 Å². The number of fused-ring (bicyclic) bond motifs is 20. The van der Waals surface area contributed by atoms with Crippen LogP contribution in [0.3, 0.4) is 0 Å². The van der Waals surface area contributed by atoms with Gasteiger partial charge in [-0.25, -0.2) is 15.0 Å². The lowest BCUT2D eigenvalue weighted by atomic mass is 9.64. The highest BCUT2D eigenvalue weighted by Crippen LogP contribution is 2.63. The van der Waals surface area contributed by atoms with Gasteiger partial charge in [0.2, 0.25) is 0 Å². The zero-order chi connectivity index (χ0) is 45.7. The molecule has 1 spiro atoms. The summed E-state index contributed by atoms with van der Waals surface area (Å²) in [5.74, 6) is 1.72. The van der Waals surface area contributed by atoms with Gasteiger partial charge in [-0.05, 0) is 115 Å². The molecule has 0 amide bonds. The maximum absolute atomic E-state index is 6.74. The van der Waals surface area contributed by atoms with Crippen molar-refractivity contribution in [1.82, 2.24) is 15.0 Å². The Kier molecular flexibility index (Phi) is 7.42. The first-order valence-electron chi connectivity index (χ1n) is 23.9. The fraction of sp³-hybridized carbons (Fsp3) is 0.0308. The Morgan fingerprint density at radius 2 is 0.800 bits per heavy atom. The van der Waals surface area contributed by atoms with Gasteiger partial charge in [-0.15, -0.1) is 0 Å². The minimum atomic E-state index is -0.820. The third kappa shape index (κ3) is 4.83. The average Bonchev–Trinajstić information content (AvgIpc) is 4.16. The number of benzene rings is 10. The second kappa shape index (κ2) is 13.7. The number of aromatic nitrogens is 3. The molecule has 13 aromatic rings. The molecule has 6 bridgehead atoms. The van der Waals surface area contributed by atoms with Crippen LogP contribution in [0.4, 0.5) is 0 Å². The fourth-order valence-electron chi connectivity index (χ4n) is 12.8. The molecule has 0 saturated carbocycles. The number of nitrogens with zero attached hydrogens (tertiary/aromatic N) is 3. The van der Waals surface area contributed by atoms with Crippen molar-refractivity contribution in [2.75, 3.05) is 0 Å². The molecule has 1 atom stereocenters. The first-order valence-corrected chi connectivity index (χ1v) is 23.9. The van der Waals surface area contributed by atoms with Crippen LogP contribution in [-0.4, -0.2) is 15.0 Å². The predicted molar refractivity (Wildman–Crippen MR) is 279 cm³/mol. The van der Waals surface area contributed by atoms with Crippen molar-refractivity contribution >= 4 is 43.9 Å². The van der Waals surface area contributed by atoms with E-state index in [-0.39, 0.29) is 0 Å². The normalized spacial score (nSPS) is 15.6. The lowest BCUT2D eigenvalue weighted by Crippen LogP contribution is -2.31. The van der Waals surface area contributed by atoms with Gasteiger partial charge in [0.05, 0.1) is 10.8 Å². The third-order valence-electron chi connectivity index (χ3n) is 15.6. The Morgan fingerprint density at radius 1 is 0.271 bits per heavy atom. The van der Waals surface area contributed by atoms with Gasteiger partial charge in [0.25, 0.3) is 0 Å². The summed E-state index contributed by atoms with van der Waals surface area (Å²) in [6.07, 6.45) is 0. The van der Waals surface area contributed by atoms with Crippen LogP contribution in [0.1, 0.15) is 44.5 Å². The van der Waals surface area contributed by atoms with Crippen molar-refractivity contribution in [2.45, 2.75) is 10.8 Å². The molecule has 3 aliphatic rings. The van der Waals surface area contributed by atoms with Crippen LogP contribution in [-0.2, 0) is 10.8 Å². The molecule has 70 heavy (non-hydrogen) atoms. The average molecular weight is 892 g/mol. The maximum atomic E-state index is 6.74. The zero-order valence-electron chi connectivity index (χ0n) is 37.5. The van der Waals surface area contributed by atoms with Crippen LogP contribution in [0.5, 0.6) is 0 Å². The Morgan fingerprint density at radius 3 is 1.59 bits per heavy atom. The van der Waals surface area contributed by atoms with Crippen LogP contribution in [0.2, 0.25) is 0 Å². The molecule has 5 nitrogen and oxygen atoms in total. The van der Waals surface area contributed by atoms with E-state index in [1.165, 1.54) is 44.5 Å². The van der Waals surface area contributed by atoms with E-state index in [2.05, 4.69) is 194 Å². The highest BCUT2D eigenvalue weighted by Gasteiger charge is 2.52. The van der Waals surface area contributed by atoms with E-state index in [1.54, 1.807) is 0 Å². The second-order valence-corrected chi connectivity index (χ2v) is 19.0. The molecule has 5 heteroatoms. The molecule has 3 aromatic heterocycles. The summed E-state index contributed by atoms with van der Waals surface area (Å²) in [5.41, 5.74) is 19.4. The summed E-state index contributed by atoms with van der Waals surface area (Å²) in [7, 11) is 0. The molecule has 1 aliphatic heterocycles. The van der Waals surface area contributed by atoms with Gasteiger partial charge >= 0.3 is 0 Å². The number of hydrogen-bond donors (Lipinski definition) is 0. The molecule has 2 aliphatic carbocycles. The van der Waals surface area contributed by atoms with Crippen LogP contribution in [0.25, 0.3) is 100 Å². The van der Waals surface area contributed by atoms with Crippen LogP contribution in [0, 0.1) is 0 Å². The van der Waals surface area contributed by atoms with Gasteiger partial charge in [0.1, 0.15) is 22.3 Å². The molecule has 0 saturated heterocycles. The van der Waals surface area contributed by atoms with Crippen LogP contribution in [0.15, 0.2) is 233 Å². The van der Waals surface area contributed by atoms with Gasteiger partial charge in [0, 0.05) is 38.2 Å². The van der Waals surface area contributed by atoms with Crippen molar-refractivity contribution in [3.63, 3.8) is 0 Å². The molecule has 16 rings (SSSR count). The Labute approximate surface area is 402 Å². The Balaban J connectivity index is 0.998. The summed E-state index contributed by atoms with van der Waals surface area (Å²) >= 11 is 0. The van der Waals surface area contributed by atoms with E-state index in [0.29, 0.717) is 17.5 Å². The summed E-state index contributed by atoms with van der Waals surface area (Å²) < 4.78 is 13.1. The molecular weight excluding hydrogens is 855 g/mol. The van der Waals surface area contributed by atoms with E-state index in [0.717, 1.165) is 82.8 Å². The minimum absolute atomic E-state index is 0.460. The number of hydrogen-bond acceptors (Lipinski definition) is 5. The Hall–Kier alpha value is -9.19. The highest BCUT2D eigenvalue weighted by atomic mass is 16.3. The monoisotopic (exact) mass is 891 g/mol. The standard InChI is InChI=1S/C65H37N3O2/c1-2-15-40(16-3-1)64(42-29-32-55-50(36-42)46-20-6-10-25-54(46)65(55)52-23-8-4-18-44(52)45-19-5-9-24-53(45)65)41-17-12-14-38(34-41)61-66-62(39-28-31-48-47-21-7-11-26-56(47)70-59(48)35-39)68-63(67-61)49-22-13-27-58-60(49)51-37-43(64)30-33-57(51)69-58/h1-37H. The summed E-state index contributed by atoms with van der Waals surface area (Å²) in [5, 5.41) is 4.09. The first kappa shape index (κ1) is 37.9.